The molecule has 0 bridgehead atoms. The van der Waals surface area contributed by atoms with Gasteiger partial charge in [-0.25, -0.2) is 9.69 Å². The molecule has 2 aromatic carbocycles. The number of amides is 2. The predicted octanol–water partition coefficient (Wildman–Crippen LogP) is 3.75. The molecule has 0 fully saturated rings. The molecule has 2 heterocycles. The first-order valence-corrected chi connectivity index (χ1v) is 9.92. The van der Waals surface area contributed by atoms with E-state index in [-0.39, 0.29) is 18.2 Å². The number of aromatic nitrogens is 2. The van der Waals surface area contributed by atoms with Crippen molar-refractivity contribution in [3.63, 3.8) is 0 Å². The predicted molar refractivity (Wildman–Crippen MR) is 114 cm³/mol. The Kier molecular flexibility index (Phi) is 5.53. The molecule has 0 unspecified atom stereocenters. The van der Waals surface area contributed by atoms with Gasteiger partial charge < -0.3 is 5.32 Å². The molecular weight excluding hydrogens is 434 g/mol. The summed E-state index contributed by atoms with van der Waals surface area (Å²) in [4.78, 5) is 25.1. The second kappa shape index (κ2) is 8.40. The van der Waals surface area contributed by atoms with Crippen LogP contribution in [0.2, 0.25) is 0 Å². The van der Waals surface area contributed by atoms with Gasteiger partial charge in [-0.15, -0.1) is 0 Å². The van der Waals surface area contributed by atoms with Crippen LogP contribution in [0.15, 0.2) is 76.6 Å². The van der Waals surface area contributed by atoms with Gasteiger partial charge in [0.25, 0.3) is 5.91 Å². The lowest BCUT2D eigenvalue weighted by atomic mass is 10.1. The number of rotatable bonds is 5. The van der Waals surface area contributed by atoms with Gasteiger partial charge in [-0.05, 0) is 29.8 Å². The minimum absolute atomic E-state index is 0.0925. The SMILES string of the molecule is O=C(Nc1cc(Br)ccc1-n1cccn1)C1=NN(Cc2ccccc2)C(=O)CC1. The number of nitrogens with one attached hydrogen (secondary N) is 1. The first-order chi connectivity index (χ1) is 14.1. The molecule has 8 heteroatoms. The summed E-state index contributed by atoms with van der Waals surface area (Å²) in [5.74, 6) is -0.424. The fourth-order valence-corrected chi connectivity index (χ4v) is 3.42. The van der Waals surface area contributed by atoms with Gasteiger partial charge in [0.1, 0.15) is 5.71 Å². The molecule has 0 saturated heterocycles. The van der Waals surface area contributed by atoms with Crippen molar-refractivity contribution in [3.05, 3.63) is 77.0 Å². The van der Waals surface area contributed by atoms with Crippen molar-refractivity contribution >= 4 is 39.1 Å². The highest BCUT2D eigenvalue weighted by Gasteiger charge is 2.25. The molecule has 0 spiro atoms. The van der Waals surface area contributed by atoms with Gasteiger partial charge in [-0.2, -0.15) is 10.2 Å². The van der Waals surface area contributed by atoms with Gasteiger partial charge in [0, 0.05) is 29.7 Å². The first-order valence-electron chi connectivity index (χ1n) is 9.13. The topological polar surface area (TPSA) is 79.6 Å². The normalized spacial score (nSPS) is 13.9. The molecule has 1 N–H and O–H groups in total. The Balaban J connectivity index is 1.56. The molecule has 146 valence electrons. The molecule has 4 rings (SSSR count). The monoisotopic (exact) mass is 451 g/mol. The third-order valence-electron chi connectivity index (χ3n) is 4.50. The Hall–Kier alpha value is -3.26. The zero-order valence-corrected chi connectivity index (χ0v) is 17.0. The van der Waals surface area contributed by atoms with Gasteiger partial charge in [0.2, 0.25) is 5.91 Å². The van der Waals surface area contributed by atoms with Crippen LogP contribution in [0.4, 0.5) is 5.69 Å². The minimum atomic E-state index is -0.331. The van der Waals surface area contributed by atoms with E-state index in [4.69, 9.17) is 0 Å². The maximum atomic E-state index is 12.9. The Labute approximate surface area is 176 Å². The molecule has 7 nitrogen and oxygen atoms in total. The maximum Gasteiger partial charge on any atom is 0.271 e. The second-order valence-corrected chi connectivity index (χ2v) is 7.47. The summed E-state index contributed by atoms with van der Waals surface area (Å²) in [7, 11) is 0. The van der Waals surface area contributed by atoms with Crippen LogP contribution >= 0.6 is 15.9 Å². The van der Waals surface area contributed by atoms with Crippen molar-refractivity contribution in [3.8, 4) is 5.69 Å². The first kappa shape index (κ1) is 19.1. The maximum absolute atomic E-state index is 12.9. The molecular formula is C21H18BrN5O2. The Morgan fingerprint density at radius 3 is 2.69 bits per heavy atom. The molecule has 0 atom stereocenters. The number of hydrogen-bond acceptors (Lipinski definition) is 4. The van der Waals surface area contributed by atoms with Crippen LogP contribution in [-0.4, -0.2) is 32.3 Å². The van der Waals surface area contributed by atoms with Crippen LogP contribution in [0.1, 0.15) is 18.4 Å². The fraction of sp³-hybridized carbons (Fsp3) is 0.143. The third kappa shape index (κ3) is 4.43. The van der Waals surface area contributed by atoms with Crippen molar-refractivity contribution in [2.75, 3.05) is 5.32 Å². The van der Waals surface area contributed by atoms with Gasteiger partial charge >= 0.3 is 0 Å². The number of hydrazone groups is 1. The molecule has 3 aromatic rings. The number of anilines is 1. The number of nitrogens with zero attached hydrogens (tertiary/aromatic N) is 4. The standard InChI is InChI=1S/C21H18BrN5O2/c22-16-7-9-19(26-12-4-11-23-26)18(13-16)24-21(29)17-8-10-20(28)27(25-17)14-15-5-2-1-3-6-15/h1-7,9,11-13H,8,10,14H2,(H,24,29). The van der Waals surface area contributed by atoms with Gasteiger partial charge in [-0.1, -0.05) is 46.3 Å². The van der Waals surface area contributed by atoms with Crippen molar-refractivity contribution in [2.45, 2.75) is 19.4 Å². The van der Waals surface area contributed by atoms with E-state index in [0.717, 1.165) is 15.7 Å². The van der Waals surface area contributed by atoms with E-state index < -0.39 is 0 Å². The molecule has 1 aliphatic heterocycles. The van der Waals surface area contributed by atoms with E-state index >= 15 is 0 Å². The highest BCUT2D eigenvalue weighted by atomic mass is 79.9. The zero-order chi connectivity index (χ0) is 20.2. The molecule has 0 aliphatic carbocycles. The number of benzene rings is 2. The van der Waals surface area contributed by atoms with Crippen molar-refractivity contribution in [2.24, 2.45) is 5.10 Å². The fourth-order valence-electron chi connectivity index (χ4n) is 3.06. The average Bonchev–Trinajstić information content (AvgIpc) is 3.25. The van der Waals surface area contributed by atoms with Crippen molar-refractivity contribution in [1.82, 2.24) is 14.8 Å². The van der Waals surface area contributed by atoms with Gasteiger partial charge in [-0.3, -0.25) is 9.59 Å². The Morgan fingerprint density at radius 1 is 1.10 bits per heavy atom. The van der Waals surface area contributed by atoms with Crippen LogP contribution in [-0.2, 0) is 16.1 Å². The Bertz CT molecular complexity index is 1060. The van der Waals surface area contributed by atoms with E-state index in [9.17, 15) is 9.59 Å². The highest BCUT2D eigenvalue weighted by molar-refractivity contribution is 9.10. The summed E-state index contributed by atoms with van der Waals surface area (Å²) < 4.78 is 2.51. The summed E-state index contributed by atoms with van der Waals surface area (Å²) in [6, 6.07) is 16.9. The lowest BCUT2D eigenvalue weighted by molar-refractivity contribution is -0.132. The molecule has 2 amide bonds. The number of carbonyl (C=O) groups excluding carboxylic acids is 2. The summed E-state index contributed by atoms with van der Waals surface area (Å²) in [5, 5.41) is 12.8. The minimum Gasteiger partial charge on any atom is -0.319 e. The van der Waals surface area contributed by atoms with Crippen LogP contribution < -0.4 is 5.32 Å². The molecule has 0 radical (unpaired) electrons. The van der Waals surface area contributed by atoms with E-state index in [1.165, 1.54) is 5.01 Å². The largest absolute Gasteiger partial charge is 0.319 e. The van der Waals surface area contributed by atoms with Crippen LogP contribution in [0.5, 0.6) is 0 Å². The Morgan fingerprint density at radius 2 is 1.93 bits per heavy atom. The van der Waals surface area contributed by atoms with Gasteiger partial charge in [0.05, 0.1) is 17.9 Å². The summed E-state index contributed by atoms with van der Waals surface area (Å²) in [6.07, 6.45) is 4.04. The summed E-state index contributed by atoms with van der Waals surface area (Å²) in [5.41, 5.74) is 2.62. The zero-order valence-electron chi connectivity index (χ0n) is 15.5. The average molecular weight is 452 g/mol. The highest BCUT2D eigenvalue weighted by Crippen LogP contribution is 2.25. The number of halogens is 1. The van der Waals surface area contributed by atoms with E-state index in [1.807, 2.05) is 54.6 Å². The van der Waals surface area contributed by atoms with Crippen LogP contribution in [0.25, 0.3) is 5.69 Å². The van der Waals surface area contributed by atoms with Gasteiger partial charge in [0.15, 0.2) is 0 Å². The summed E-state index contributed by atoms with van der Waals surface area (Å²) in [6.45, 7) is 0.339. The van der Waals surface area contributed by atoms with E-state index in [1.54, 1.807) is 17.1 Å². The van der Waals surface area contributed by atoms with E-state index in [0.29, 0.717) is 24.4 Å². The van der Waals surface area contributed by atoms with E-state index in [2.05, 4.69) is 31.4 Å². The van der Waals surface area contributed by atoms with Crippen molar-refractivity contribution in [1.29, 1.82) is 0 Å². The van der Waals surface area contributed by atoms with Crippen molar-refractivity contribution < 1.29 is 9.59 Å². The van der Waals surface area contributed by atoms with Crippen LogP contribution in [0, 0.1) is 0 Å². The molecule has 29 heavy (non-hydrogen) atoms. The van der Waals surface area contributed by atoms with Crippen LogP contribution in [0.3, 0.4) is 0 Å². The quantitative estimate of drug-likeness (QED) is 0.641. The smallest absolute Gasteiger partial charge is 0.271 e. The third-order valence-corrected chi connectivity index (χ3v) is 4.99. The lowest BCUT2D eigenvalue weighted by Gasteiger charge is -2.23. The molecule has 0 saturated carbocycles. The number of carbonyl (C=O) groups is 2. The lowest BCUT2D eigenvalue weighted by Crippen LogP contribution is -2.36. The molecule has 1 aromatic heterocycles. The molecule has 1 aliphatic rings. The summed E-state index contributed by atoms with van der Waals surface area (Å²) >= 11 is 3.44. The number of hydrogen-bond donors (Lipinski definition) is 1. The second-order valence-electron chi connectivity index (χ2n) is 6.55.